The van der Waals surface area contributed by atoms with Crippen molar-refractivity contribution >= 4 is 17.5 Å². The number of nitrogens with zero attached hydrogens (tertiary/aromatic N) is 2. The van der Waals surface area contributed by atoms with Crippen molar-refractivity contribution in [2.45, 2.75) is 0 Å². The molecular formula is C15H20F2N4O2. The molecular weight excluding hydrogens is 306 g/mol. The lowest BCUT2D eigenvalue weighted by atomic mass is 10.3. The van der Waals surface area contributed by atoms with Gasteiger partial charge in [-0.05, 0) is 19.2 Å². The fourth-order valence-corrected chi connectivity index (χ4v) is 2.37. The Morgan fingerprint density at radius 1 is 1.17 bits per heavy atom. The summed E-state index contributed by atoms with van der Waals surface area (Å²) in [4.78, 5) is 27.2. The molecule has 2 amide bonds. The van der Waals surface area contributed by atoms with Gasteiger partial charge in [-0.1, -0.05) is 0 Å². The molecule has 1 heterocycles. The van der Waals surface area contributed by atoms with Gasteiger partial charge < -0.3 is 15.5 Å². The summed E-state index contributed by atoms with van der Waals surface area (Å²) in [7, 11) is 1.64. The molecule has 0 bridgehead atoms. The van der Waals surface area contributed by atoms with Crippen molar-refractivity contribution in [1.82, 2.24) is 15.1 Å². The first-order valence-corrected chi connectivity index (χ1v) is 7.37. The van der Waals surface area contributed by atoms with Crippen LogP contribution >= 0.6 is 0 Å². The number of likely N-dealkylation sites (N-methyl/N-ethyl adjacent to an activating group) is 1. The smallest absolute Gasteiger partial charge is 0.238 e. The molecule has 2 rings (SSSR count). The van der Waals surface area contributed by atoms with E-state index in [-0.39, 0.29) is 24.7 Å². The third kappa shape index (κ3) is 5.57. The summed E-state index contributed by atoms with van der Waals surface area (Å²) in [5.41, 5.74) is 0.0503. The number of carbonyl (C=O) groups is 2. The molecule has 1 aromatic carbocycles. The van der Waals surface area contributed by atoms with Crippen molar-refractivity contribution in [2.75, 3.05) is 51.6 Å². The van der Waals surface area contributed by atoms with Crippen LogP contribution in [0.5, 0.6) is 0 Å². The lowest BCUT2D eigenvalue weighted by Gasteiger charge is -2.29. The Balaban J connectivity index is 1.80. The normalized spacial score (nSPS) is 14.9. The van der Waals surface area contributed by atoms with Gasteiger partial charge in [0.25, 0.3) is 0 Å². The van der Waals surface area contributed by atoms with Crippen LogP contribution < -0.4 is 10.6 Å². The number of piperazine rings is 1. The standard InChI is InChI=1S/C15H20F2N4O2/c1-20(10-15(23)21-4-2-18-3-5-21)9-14(22)19-13-7-11(16)6-12(17)8-13/h6-8,18H,2-5,9-10H2,1H3,(H,19,22). The minimum atomic E-state index is -0.762. The summed E-state index contributed by atoms with van der Waals surface area (Å²) in [5.74, 6) is -2.01. The molecule has 0 aliphatic carbocycles. The lowest BCUT2D eigenvalue weighted by Crippen LogP contribution is -2.49. The number of carbonyl (C=O) groups excluding carboxylic acids is 2. The molecule has 23 heavy (non-hydrogen) atoms. The Morgan fingerprint density at radius 2 is 1.78 bits per heavy atom. The Hall–Kier alpha value is -2.06. The zero-order valence-corrected chi connectivity index (χ0v) is 12.9. The number of hydrogen-bond acceptors (Lipinski definition) is 4. The first-order valence-electron chi connectivity index (χ1n) is 7.37. The topological polar surface area (TPSA) is 64.7 Å². The molecule has 0 saturated carbocycles. The number of amides is 2. The van der Waals surface area contributed by atoms with E-state index in [1.165, 1.54) is 0 Å². The van der Waals surface area contributed by atoms with Gasteiger partial charge in [0.1, 0.15) is 11.6 Å². The molecule has 1 saturated heterocycles. The van der Waals surface area contributed by atoms with E-state index in [1.54, 1.807) is 16.8 Å². The van der Waals surface area contributed by atoms with E-state index in [0.29, 0.717) is 13.1 Å². The van der Waals surface area contributed by atoms with Gasteiger partial charge in [-0.2, -0.15) is 0 Å². The third-order valence-corrected chi connectivity index (χ3v) is 3.43. The Labute approximate surface area is 133 Å². The first kappa shape index (κ1) is 17.3. The van der Waals surface area contributed by atoms with Gasteiger partial charge in [0.05, 0.1) is 13.1 Å². The monoisotopic (exact) mass is 326 g/mol. The lowest BCUT2D eigenvalue weighted by molar-refractivity contribution is -0.133. The largest absolute Gasteiger partial charge is 0.339 e. The molecule has 0 spiro atoms. The van der Waals surface area contributed by atoms with Crippen LogP contribution in [0.2, 0.25) is 0 Å². The second-order valence-electron chi connectivity index (χ2n) is 5.51. The Kier molecular flexibility index (Phi) is 6.00. The van der Waals surface area contributed by atoms with Gasteiger partial charge in [0.15, 0.2) is 0 Å². The maximum atomic E-state index is 13.1. The molecule has 1 fully saturated rings. The molecule has 0 atom stereocenters. The Morgan fingerprint density at radius 3 is 2.39 bits per heavy atom. The molecule has 0 radical (unpaired) electrons. The van der Waals surface area contributed by atoms with Crippen LogP contribution in [-0.4, -0.2) is 67.9 Å². The molecule has 0 aromatic heterocycles. The molecule has 1 aromatic rings. The molecule has 8 heteroatoms. The maximum Gasteiger partial charge on any atom is 0.238 e. The van der Waals surface area contributed by atoms with Gasteiger partial charge >= 0.3 is 0 Å². The fraction of sp³-hybridized carbons (Fsp3) is 0.467. The highest BCUT2D eigenvalue weighted by atomic mass is 19.1. The third-order valence-electron chi connectivity index (χ3n) is 3.43. The number of halogens is 2. The number of rotatable bonds is 5. The SMILES string of the molecule is CN(CC(=O)Nc1cc(F)cc(F)c1)CC(=O)N1CCNCC1. The Bertz CT molecular complexity index is 556. The predicted molar refractivity (Wildman–Crippen MR) is 81.9 cm³/mol. The van der Waals surface area contributed by atoms with Crippen LogP contribution in [-0.2, 0) is 9.59 Å². The highest BCUT2D eigenvalue weighted by molar-refractivity contribution is 5.92. The van der Waals surface area contributed by atoms with Crippen molar-refractivity contribution in [2.24, 2.45) is 0 Å². The van der Waals surface area contributed by atoms with Crippen LogP contribution in [0.3, 0.4) is 0 Å². The first-order chi connectivity index (χ1) is 10.9. The zero-order valence-electron chi connectivity index (χ0n) is 12.9. The van der Waals surface area contributed by atoms with E-state index >= 15 is 0 Å². The van der Waals surface area contributed by atoms with E-state index in [4.69, 9.17) is 0 Å². The predicted octanol–water partition coefficient (Wildman–Crippen LogP) is 0.267. The van der Waals surface area contributed by atoms with Gasteiger partial charge in [-0.3, -0.25) is 14.5 Å². The number of hydrogen-bond donors (Lipinski definition) is 2. The summed E-state index contributed by atoms with van der Waals surface area (Å²) < 4.78 is 26.1. The highest BCUT2D eigenvalue weighted by Gasteiger charge is 2.18. The average molecular weight is 326 g/mol. The van der Waals surface area contributed by atoms with Crippen LogP contribution in [0.1, 0.15) is 0 Å². The van der Waals surface area contributed by atoms with Crippen LogP contribution in [0.25, 0.3) is 0 Å². The van der Waals surface area contributed by atoms with Crippen molar-refractivity contribution in [3.8, 4) is 0 Å². The van der Waals surface area contributed by atoms with Gasteiger partial charge in [-0.15, -0.1) is 0 Å². The molecule has 2 N–H and O–H groups in total. The second-order valence-corrected chi connectivity index (χ2v) is 5.51. The fourth-order valence-electron chi connectivity index (χ4n) is 2.37. The molecule has 1 aliphatic rings. The zero-order chi connectivity index (χ0) is 16.8. The minimum absolute atomic E-state index is 0.0430. The van der Waals surface area contributed by atoms with E-state index in [9.17, 15) is 18.4 Å². The molecule has 6 nitrogen and oxygen atoms in total. The van der Waals surface area contributed by atoms with E-state index in [1.807, 2.05) is 0 Å². The van der Waals surface area contributed by atoms with Crippen LogP contribution in [0, 0.1) is 11.6 Å². The van der Waals surface area contributed by atoms with Crippen molar-refractivity contribution < 1.29 is 18.4 Å². The van der Waals surface area contributed by atoms with Crippen LogP contribution in [0.4, 0.5) is 14.5 Å². The summed E-state index contributed by atoms with van der Waals surface area (Å²) >= 11 is 0. The number of nitrogens with one attached hydrogen (secondary N) is 2. The summed E-state index contributed by atoms with van der Waals surface area (Å²) in [6.07, 6.45) is 0. The van der Waals surface area contributed by atoms with E-state index < -0.39 is 17.5 Å². The molecule has 0 unspecified atom stereocenters. The van der Waals surface area contributed by atoms with Gasteiger partial charge in [0, 0.05) is 37.9 Å². The maximum absolute atomic E-state index is 13.1. The average Bonchev–Trinajstić information content (AvgIpc) is 2.46. The van der Waals surface area contributed by atoms with E-state index in [0.717, 1.165) is 31.3 Å². The number of anilines is 1. The van der Waals surface area contributed by atoms with Crippen molar-refractivity contribution in [3.63, 3.8) is 0 Å². The quantitative estimate of drug-likeness (QED) is 0.815. The van der Waals surface area contributed by atoms with E-state index in [2.05, 4.69) is 10.6 Å². The number of benzene rings is 1. The van der Waals surface area contributed by atoms with Crippen molar-refractivity contribution in [3.05, 3.63) is 29.8 Å². The second kappa shape index (κ2) is 7.98. The molecule has 126 valence electrons. The van der Waals surface area contributed by atoms with Crippen molar-refractivity contribution in [1.29, 1.82) is 0 Å². The highest BCUT2D eigenvalue weighted by Crippen LogP contribution is 2.12. The molecule has 1 aliphatic heterocycles. The summed E-state index contributed by atoms with van der Waals surface area (Å²) in [6, 6.07) is 2.80. The van der Waals surface area contributed by atoms with Gasteiger partial charge in [-0.25, -0.2) is 8.78 Å². The van der Waals surface area contributed by atoms with Gasteiger partial charge in [0.2, 0.25) is 11.8 Å². The summed E-state index contributed by atoms with van der Waals surface area (Å²) in [5, 5.41) is 5.57. The summed E-state index contributed by atoms with van der Waals surface area (Å²) in [6.45, 7) is 2.91. The minimum Gasteiger partial charge on any atom is -0.339 e. The van der Waals surface area contributed by atoms with Crippen LogP contribution in [0.15, 0.2) is 18.2 Å².